The summed E-state index contributed by atoms with van der Waals surface area (Å²) in [7, 11) is 1.42. The van der Waals surface area contributed by atoms with E-state index >= 15 is 0 Å². The molecule has 0 aromatic carbocycles. The molecular formula is C6H13N3O2. The highest BCUT2D eigenvalue weighted by atomic mass is 16.6. The van der Waals surface area contributed by atoms with Crippen molar-refractivity contribution in [2.24, 2.45) is 0 Å². The normalized spacial score (nSPS) is 24.6. The Hall–Kier alpha value is -0.650. The molecule has 0 aromatic heterocycles. The van der Waals surface area contributed by atoms with Crippen molar-refractivity contribution in [2.75, 3.05) is 26.7 Å². The van der Waals surface area contributed by atoms with Crippen LogP contribution in [0.25, 0.3) is 0 Å². The minimum atomic E-state index is -0.163. The minimum Gasteiger partial charge on any atom is -0.313 e. The fraction of sp³-hybridized carbons (Fsp3) is 0.833. The fourth-order valence-electron chi connectivity index (χ4n) is 1.01. The molecule has 1 fully saturated rings. The smallest absolute Gasteiger partial charge is 0.261 e. The SMILES string of the molecule is CONC(=O)C1CNCCN1. The first-order valence-electron chi connectivity index (χ1n) is 3.61. The topological polar surface area (TPSA) is 62.4 Å². The molecule has 0 saturated carbocycles. The Morgan fingerprint density at radius 1 is 1.64 bits per heavy atom. The van der Waals surface area contributed by atoms with Gasteiger partial charge in [0.05, 0.1) is 7.11 Å². The molecule has 5 nitrogen and oxygen atoms in total. The molecule has 1 aliphatic heterocycles. The van der Waals surface area contributed by atoms with Gasteiger partial charge in [-0.1, -0.05) is 0 Å². The van der Waals surface area contributed by atoms with E-state index in [0.717, 1.165) is 13.1 Å². The van der Waals surface area contributed by atoms with Crippen LogP contribution in [0.15, 0.2) is 0 Å². The number of carbonyl (C=O) groups is 1. The van der Waals surface area contributed by atoms with Crippen molar-refractivity contribution in [2.45, 2.75) is 6.04 Å². The predicted molar refractivity (Wildman–Crippen MR) is 39.8 cm³/mol. The maximum atomic E-state index is 11.1. The second kappa shape index (κ2) is 4.27. The van der Waals surface area contributed by atoms with E-state index in [4.69, 9.17) is 0 Å². The minimum absolute atomic E-state index is 0.125. The Labute approximate surface area is 65.4 Å². The number of carbonyl (C=O) groups excluding carboxylic acids is 1. The number of hydroxylamine groups is 1. The monoisotopic (exact) mass is 159 g/mol. The van der Waals surface area contributed by atoms with Crippen LogP contribution in [0.5, 0.6) is 0 Å². The highest BCUT2D eigenvalue weighted by Crippen LogP contribution is 1.86. The number of hydrogen-bond donors (Lipinski definition) is 3. The quantitative estimate of drug-likeness (QED) is 0.417. The Balaban J connectivity index is 2.27. The highest BCUT2D eigenvalue weighted by molar-refractivity contribution is 5.81. The van der Waals surface area contributed by atoms with Gasteiger partial charge in [0.25, 0.3) is 5.91 Å². The summed E-state index contributed by atoms with van der Waals surface area (Å²) in [5, 5.41) is 6.14. The standard InChI is InChI=1S/C6H13N3O2/c1-11-9-6(10)5-4-7-2-3-8-5/h5,7-8H,2-4H2,1H3,(H,9,10). The third kappa shape index (κ3) is 2.45. The van der Waals surface area contributed by atoms with Gasteiger partial charge >= 0.3 is 0 Å². The molecule has 0 bridgehead atoms. The van der Waals surface area contributed by atoms with Crippen LogP contribution in [0.2, 0.25) is 0 Å². The first kappa shape index (κ1) is 8.45. The molecule has 0 aliphatic carbocycles. The van der Waals surface area contributed by atoms with Gasteiger partial charge in [-0.05, 0) is 0 Å². The summed E-state index contributed by atoms with van der Waals surface area (Å²) >= 11 is 0. The molecule has 64 valence electrons. The van der Waals surface area contributed by atoms with E-state index in [1.54, 1.807) is 0 Å². The van der Waals surface area contributed by atoms with Gasteiger partial charge in [0, 0.05) is 19.6 Å². The lowest BCUT2D eigenvalue weighted by Gasteiger charge is -2.22. The van der Waals surface area contributed by atoms with Gasteiger partial charge in [0.2, 0.25) is 0 Å². The van der Waals surface area contributed by atoms with Crippen molar-refractivity contribution >= 4 is 5.91 Å². The van der Waals surface area contributed by atoms with E-state index in [9.17, 15) is 4.79 Å². The molecule has 1 aliphatic rings. The summed E-state index contributed by atoms with van der Waals surface area (Å²) in [6.07, 6.45) is 0. The molecule has 1 unspecified atom stereocenters. The average molecular weight is 159 g/mol. The maximum Gasteiger partial charge on any atom is 0.261 e. The van der Waals surface area contributed by atoms with Crippen LogP contribution in [-0.4, -0.2) is 38.7 Å². The number of nitrogens with one attached hydrogen (secondary N) is 3. The van der Waals surface area contributed by atoms with Gasteiger partial charge in [-0.25, -0.2) is 5.48 Å². The molecule has 0 spiro atoms. The number of rotatable bonds is 2. The van der Waals surface area contributed by atoms with Gasteiger partial charge in [0.1, 0.15) is 6.04 Å². The number of hydrogen-bond acceptors (Lipinski definition) is 4. The summed E-state index contributed by atoms with van der Waals surface area (Å²) in [4.78, 5) is 15.5. The summed E-state index contributed by atoms with van der Waals surface area (Å²) in [6.45, 7) is 2.40. The van der Waals surface area contributed by atoms with Crippen LogP contribution in [0.3, 0.4) is 0 Å². The van der Waals surface area contributed by atoms with Crippen LogP contribution in [-0.2, 0) is 9.63 Å². The van der Waals surface area contributed by atoms with Crippen molar-refractivity contribution in [3.63, 3.8) is 0 Å². The number of piperazine rings is 1. The molecule has 0 aromatic rings. The zero-order chi connectivity index (χ0) is 8.10. The zero-order valence-electron chi connectivity index (χ0n) is 6.52. The van der Waals surface area contributed by atoms with E-state index in [1.807, 2.05) is 0 Å². The molecule has 1 amide bonds. The second-order valence-electron chi connectivity index (χ2n) is 2.38. The van der Waals surface area contributed by atoms with E-state index in [0.29, 0.717) is 6.54 Å². The largest absolute Gasteiger partial charge is 0.313 e. The van der Waals surface area contributed by atoms with Crippen molar-refractivity contribution in [1.82, 2.24) is 16.1 Å². The third-order valence-electron chi connectivity index (χ3n) is 1.56. The third-order valence-corrected chi connectivity index (χ3v) is 1.56. The Morgan fingerprint density at radius 2 is 2.45 bits per heavy atom. The molecule has 1 atom stereocenters. The maximum absolute atomic E-state index is 11.1. The first-order valence-corrected chi connectivity index (χ1v) is 3.61. The van der Waals surface area contributed by atoms with Gasteiger partial charge in [-0.15, -0.1) is 0 Å². The van der Waals surface area contributed by atoms with E-state index in [1.165, 1.54) is 7.11 Å². The van der Waals surface area contributed by atoms with Crippen LogP contribution in [0.1, 0.15) is 0 Å². The van der Waals surface area contributed by atoms with Crippen LogP contribution >= 0.6 is 0 Å². The lowest BCUT2D eigenvalue weighted by molar-refractivity contribution is -0.133. The summed E-state index contributed by atoms with van der Waals surface area (Å²) < 4.78 is 0. The first-order chi connectivity index (χ1) is 5.34. The van der Waals surface area contributed by atoms with Crippen molar-refractivity contribution < 1.29 is 9.63 Å². The number of amides is 1. The van der Waals surface area contributed by atoms with Gasteiger partial charge in [-0.3, -0.25) is 9.63 Å². The Morgan fingerprint density at radius 3 is 3.00 bits per heavy atom. The molecule has 1 rings (SSSR count). The molecule has 5 heteroatoms. The van der Waals surface area contributed by atoms with Crippen molar-refractivity contribution in [3.05, 3.63) is 0 Å². The molecular weight excluding hydrogens is 146 g/mol. The fourth-order valence-corrected chi connectivity index (χ4v) is 1.01. The van der Waals surface area contributed by atoms with E-state index < -0.39 is 0 Å². The van der Waals surface area contributed by atoms with Gasteiger partial charge in [0.15, 0.2) is 0 Å². The van der Waals surface area contributed by atoms with Crippen LogP contribution in [0.4, 0.5) is 0 Å². The molecule has 1 heterocycles. The highest BCUT2D eigenvalue weighted by Gasteiger charge is 2.19. The Bertz CT molecular complexity index is 134. The van der Waals surface area contributed by atoms with Crippen LogP contribution < -0.4 is 16.1 Å². The Kier molecular flexibility index (Phi) is 3.28. The summed E-state index contributed by atoms with van der Waals surface area (Å²) in [5.41, 5.74) is 2.27. The second-order valence-corrected chi connectivity index (χ2v) is 2.38. The molecule has 0 radical (unpaired) electrons. The van der Waals surface area contributed by atoms with E-state index in [2.05, 4.69) is 21.0 Å². The predicted octanol–water partition coefficient (Wildman–Crippen LogP) is -1.77. The van der Waals surface area contributed by atoms with Gasteiger partial charge in [-0.2, -0.15) is 0 Å². The molecule has 1 saturated heterocycles. The van der Waals surface area contributed by atoms with Crippen molar-refractivity contribution in [1.29, 1.82) is 0 Å². The summed E-state index contributed by atoms with van der Waals surface area (Å²) in [6, 6.07) is -0.163. The zero-order valence-corrected chi connectivity index (χ0v) is 6.52. The van der Waals surface area contributed by atoms with Crippen molar-refractivity contribution in [3.8, 4) is 0 Å². The van der Waals surface area contributed by atoms with Gasteiger partial charge < -0.3 is 10.6 Å². The lowest BCUT2D eigenvalue weighted by Crippen LogP contribution is -2.55. The molecule has 3 N–H and O–H groups in total. The molecule has 11 heavy (non-hydrogen) atoms. The lowest BCUT2D eigenvalue weighted by atomic mass is 10.2. The average Bonchev–Trinajstić information content (AvgIpc) is 2.07. The van der Waals surface area contributed by atoms with Crippen LogP contribution in [0, 0.1) is 0 Å². The van der Waals surface area contributed by atoms with E-state index in [-0.39, 0.29) is 11.9 Å². The summed E-state index contributed by atoms with van der Waals surface area (Å²) in [5.74, 6) is -0.125.